The molecule has 0 aliphatic rings. The van der Waals surface area contributed by atoms with Gasteiger partial charge in [0.15, 0.2) is 0 Å². The van der Waals surface area contributed by atoms with E-state index >= 15 is 0 Å². The third kappa shape index (κ3) is 4.66. The molecule has 7 heteroatoms. The highest BCUT2D eigenvalue weighted by Gasteiger charge is 2.15. The molecule has 3 rings (SSSR count). The van der Waals surface area contributed by atoms with Crippen LogP contribution in [0.1, 0.15) is 28.2 Å². The minimum atomic E-state index is -0.128. The molecule has 3 aromatic rings. The number of nitrogens with two attached hydrogens (primary N) is 1. The number of aromatic amines is 1. The van der Waals surface area contributed by atoms with E-state index in [0.29, 0.717) is 43.7 Å². The highest BCUT2D eigenvalue weighted by Crippen LogP contribution is 2.25. The summed E-state index contributed by atoms with van der Waals surface area (Å²) in [4.78, 5) is 36.1. The van der Waals surface area contributed by atoms with Gasteiger partial charge in [0.1, 0.15) is 10.7 Å². The van der Waals surface area contributed by atoms with Gasteiger partial charge in [-0.2, -0.15) is 0 Å². The number of nitrogens with zero attached hydrogens (tertiary/aromatic N) is 2. The number of fused-ring (bicyclic) bond motifs is 1. The molecule has 2 heterocycles. The molecule has 148 valence electrons. The van der Waals surface area contributed by atoms with E-state index in [1.807, 2.05) is 32.0 Å². The predicted octanol–water partition coefficient (Wildman–Crippen LogP) is 2.56. The van der Waals surface area contributed by atoms with Crippen molar-refractivity contribution in [1.82, 2.24) is 14.9 Å². The number of H-pyrrole nitrogens is 1. The van der Waals surface area contributed by atoms with E-state index < -0.39 is 0 Å². The average Bonchev–Trinajstić information content (AvgIpc) is 2.98. The zero-order valence-corrected chi connectivity index (χ0v) is 17.1. The van der Waals surface area contributed by atoms with Gasteiger partial charge in [0.25, 0.3) is 5.56 Å². The fourth-order valence-electron chi connectivity index (χ4n) is 3.23. The van der Waals surface area contributed by atoms with Gasteiger partial charge in [-0.1, -0.05) is 30.3 Å². The lowest BCUT2D eigenvalue weighted by atomic mass is 10.1. The third-order valence-corrected chi connectivity index (χ3v) is 6.03. The van der Waals surface area contributed by atoms with Crippen LogP contribution in [0.15, 0.2) is 35.1 Å². The highest BCUT2D eigenvalue weighted by atomic mass is 32.1. The number of benzene rings is 1. The number of aryl methyl sites for hydroxylation is 3. The molecule has 2 aromatic heterocycles. The fraction of sp³-hybridized carbons (Fsp3) is 0.381. The monoisotopic (exact) mass is 398 g/mol. The van der Waals surface area contributed by atoms with Gasteiger partial charge in [-0.15, -0.1) is 11.3 Å². The molecule has 6 nitrogen and oxygen atoms in total. The zero-order chi connectivity index (χ0) is 20.1. The van der Waals surface area contributed by atoms with E-state index in [-0.39, 0.29) is 11.5 Å². The Morgan fingerprint density at radius 2 is 1.93 bits per heavy atom. The summed E-state index contributed by atoms with van der Waals surface area (Å²) >= 11 is 1.52. The lowest BCUT2D eigenvalue weighted by Gasteiger charge is -2.22. The van der Waals surface area contributed by atoms with Gasteiger partial charge in [-0.3, -0.25) is 9.59 Å². The molecule has 0 bridgehead atoms. The van der Waals surface area contributed by atoms with E-state index in [0.717, 1.165) is 21.7 Å². The van der Waals surface area contributed by atoms with Crippen molar-refractivity contribution in [3.8, 4) is 0 Å². The molecule has 0 radical (unpaired) electrons. The largest absolute Gasteiger partial charge is 0.341 e. The summed E-state index contributed by atoms with van der Waals surface area (Å²) in [7, 11) is 0. The second-order valence-electron chi connectivity index (χ2n) is 6.88. The molecule has 0 aliphatic carbocycles. The predicted molar refractivity (Wildman–Crippen MR) is 114 cm³/mol. The first-order valence-electron chi connectivity index (χ1n) is 9.50. The van der Waals surface area contributed by atoms with Crippen LogP contribution >= 0.6 is 11.3 Å². The van der Waals surface area contributed by atoms with Crippen LogP contribution < -0.4 is 11.3 Å². The van der Waals surface area contributed by atoms with E-state index in [4.69, 9.17) is 5.73 Å². The molecule has 0 aliphatic heterocycles. The lowest BCUT2D eigenvalue weighted by Crippen LogP contribution is -2.37. The van der Waals surface area contributed by atoms with Crippen LogP contribution in [0.3, 0.4) is 0 Å². The van der Waals surface area contributed by atoms with Crippen molar-refractivity contribution in [1.29, 1.82) is 0 Å². The number of carbonyl (C=O) groups is 1. The Bertz CT molecular complexity index is 1010. The van der Waals surface area contributed by atoms with Gasteiger partial charge in [-0.05, 0) is 31.4 Å². The van der Waals surface area contributed by atoms with Crippen LogP contribution in [0.5, 0.6) is 0 Å². The molecule has 1 aromatic carbocycles. The summed E-state index contributed by atoms with van der Waals surface area (Å²) in [5, 5.41) is 0.658. The molecule has 0 spiro atoms. The SMILES string of the molecule is Cc1sc2nc(CCC(=O)N(CCN)CCc3ccccc3)[nH]c(=O)c2c1C. The Morgan fingerprint density at radius 1 is 1.18 bits per heavy atom. The topological polar surface area (TPSA) is 92.1 Å². The second-order valence-corrected chi connectivity index (χ2v) is 8.08. The first-order valence-corrected chi connectivity index (χ1v) is 10.3. The lowest BCUT2D eigenvalue weighted by molar-refractivity contribution is -0.131. The Labute approximate surface area is 168 Å². The Kier molecular flexibility index (Phi) is 6.59. The molecule has 0 fully saturated rings. The molecular formula is C21H26N4O2S. The first-order chi connectivity index (χ1) is 13.5. The average molecular weight is 399 g/mol. The Morgan fingerprint density at radius 3 is 2.64 bits per heavy atom. The van der Waals surface area contributed by atoms with Gasteiger partial charge in [0.2, 0.25) is 5.91 Å². The van der Waals surface area contributed by atoms with Crippen LogP contribution in [-0.2, 0) is 17.6 Å². The maximum absolute atomic E-state index is 12.7. The summed E-state index contributed by atoms with van der Waals surface area (Å²) in [5.74, 6) is 0.588. The first kappa shape index (κ1) is 20.2. The van der Waals surface area contributed by atoms with Gasteiger partial charge in [-0.25, -0.2) is 4.98 Å². The number of rotatable bonds is 8. The van der Waals surface area contributed by atoms with E-state index in [2.05, 4.69) is 22.1 Å². The second kappa shape index (κ2) is 9.12. The minimum absolute atomic E-state index is 0.0302. The quantitative estimate of drug-likeness (QED) is 0.610. The molecule has 0 saturated heterocycles. The summed E-state index contributed by atoms with van der Waals surface area (Å²) in [6.45, 7) is 5.51. The van der Waals surface area contributed by atoms with Crippen molar-refractivity contribution >= 4 is 27.5 Å². The summed E-state index contributed by atoms with van der Waals surface area (Å²) in [5.41, 5.74) is 7.73. The van der Waals surface area contributed by atoms with Crippen LogP contribution in [0.4, 0.5) is 0 Å². The van der Waals surface area contributed by atoms with Crippen LogP contribution in [-0.4, -0.2) is 40.4 Å². The molecule has 0 saturated carbocycles. The zero-order valence-electron chi connectivity index (χ0n) is 16.3. The molecule has 0 atom stereocenters. The van der Waals surface area contributed by atoms with E-state index in [1.165, 1.54) is 16.9 Å². The maximum atomic E-state index is 12.7. The van der Waals surface area contributed by atoms with Gasteiger partial charge >= 0.3 is 0 Å². The van der Waals surface area contributed by atoms with Crippen LogP contribution in [0, 0.1) is 13.8 Å². The number of amides is 1. The standard InChI is InChI=1S/C21H26N4O2S/c1-14-15(2)28-21-19(14)20(27)23-17(24-21)8-9-18(26)25(13-11-22)12-10-16-6-4-3-5-7-16/h3-7H,8-13,22H2,1-2H3,(H,23,24,27). The number of hydrogen-bond acceptors (Lipinski definition) is 5. The Balaban J connectivity index is 1.65. The van der Waals surface area contributed by atoms with Gasteiger partial charge in [0, 0.05) is 37.4 Å². The minimum Gasteiger partial charge on any atom is -0.341 e. The van der Waals surface area contributed by atoms with Crippen molar-refractivity contribution in [2.45, 2.75) is 33.1 Å². The van der Waals surface area contributed by atoms with E-state index in [9.17, 15) is 9.59 Å². The number of hydrogen-bond donors (Lipinski definition) is 2. The third-order valence-electron chi connectivity index (χ3n) is 4.93. The fourth-order valence-corrected chi connectivity index (χ4v) is 4.28. The number of aromatic nitrogens is 2. The number of nitrogens with one attached hydrogen (secondary N) is 1. The molecule has 3 N–H and O–H groups in total. The van der Waals surface area contributed by atoms with E-state index in [1.54, 1.807) is 4.90 Å². The highest BCUT2D eigenvalue weighted by molar-refractivity contribution is 7.18. The van der Waals surface area contributed by atoms with Crippen molar-refractivity contribution in [2.75, 3.05) is 19.6 Å². The van der Waals surface area contributed by atoms with Gasteiger partial charge in [0.05, 0.1) is 5.39 Å². The molecule has 28 heavy (non-hydrogen) atoms. The number of carbonyl (C=O) groups excluding carboxylic acids is 1. The molecule has 0 unspecified atom stereocenters. The molecule has 1 amide bonds. The summed E-state index contributed by atoms with van der Waals surface area (Å²) in [6.07, 6.45) is 1.50. The van der Waals surface area contributed by atoms with Crippen molar-refractivity contribution < 1.29 is 4.79 Å². The summed E-state index contributed by atoms with van der Waals surface area (Å²) < 4.78 is 0. The normalized spacial score (nSPS) is 11.1. The Hall–Kier alpha value is -2.51. The van der Waals surface area contributed by atoms with Crippen molar-refractivity contribution in [2.24, 2.45) is 5.73 Å². The maximum Gasteiger partial charge on any atom is 0.259 e. The van der Waals surface area contributed by atoms with Crippen molar-refractivity contribution in [3.63, 3.8) is 0 Å². The van der Waals surface area contributed by atoms with Crippen LogP contribution in [0.25, 0.3) is 10.2 Å². The van der Waals surface area contributed by atoms with Gasteiger partial charge < -0.3 is 15.6 Å². The smallest absolute Gasteiger partial charge is 0.259 e. The van der Waals surface area contributed by atoms with Crippen molar-refractivity contribution in [3.05, 3.63) is 62.5 Å². The van der Waals surface area contributed by atoms with Crippen LogP contribution in [0.2, 0.25) is 0 Å². The molecular weight excluding hydrogens is 372 g/mol. The summed E-state index contributed by atoms with van der Waals surface area (Å²) in [6, 6.07) is 10.1. The number of thiophene rings is 1.